The molecule has 3 amide bonds. The molecule has 0 aliphatic rings. The first kappa shape index (κ1) is 34.0. The second-order valence-corrected chi connectivity index (χ2v) is 12.9. The van der Waals surface area contributed by atoms with Crippen molar-refractivity contribution in [3.05, 3.63) is 125 Å². The summed E-state index contributed by atoms with van der Waals surface area (Å²) < 4.78 is 10.7. The summed E-state index contributed by atoms with van der Waals surface area (Å²) in [5, 5.41) is 10.4. The number of carbonyl (C=O) groups is 3. The number of carbonyl (C=O) groups excluding carboxylic acids is 3. The highest BCUT2D eigenvalue weighted by Gasteiger charge is 2.19. The smallest absolute Gasteiger partial charge is 0.272 e. The zero-order chi connectivity index (χ0) is 34.0. The van der Waals surface area contributed by atoms with Crippen molar-refractivity contribution >= 4 is 57.7 Å². The van der Waals surface area contributed by atoms with E-state index in [1.54, 1.807) is 69.7 Å². The minimum atomic E-state index is -0.484. The van der Waals surface area contributed by atoms with Gasteiger partial charge in [0.05, 0.1) is 25.2 Å². The van der Waals surface area contributed by atoms with Crippen molar-refractivity contribution in [1.29, 1.82) is 0 Å². The summed E-state index contributed by atoms with van der Waals surface area (Å²) in [6.07, 6.45) is 1.64. The molecule has 48 heavy (non-hydrogen) atoms. The van der Waals surface area contributed by atoms with Gasteiger partial charge in [-0.3, -0.25) is 14.4 Å². The third kappa shape index (κ3) is 8.90. The standard InChI is InChI=1S/C37H34N4O5S2/c1-23-10-8-11-25(18-23)19-30(39-35(43)26-12-6-5-7-13-26)36(44)38-28-14-9-15-29(21-28)48-24(2)34(42)41-37-40-31(22-47-37)27-16-17-32(45-3)33(20-27)46-4/h5-22,24H,1-4H3,(H,38,44)(H,39,43)(H,40,41,42)/b30-19+. The van der Waals surface area contributed by atoms with Crippen LogP contribution in [0.1, 0.15) is 28.4 Å². The normalized spacial score (nSPS) is 11.7. The minimum absolute atomic E-state index is 0.0937. The molecule has 9 nitrogen and oxygen atoms in total. The average molecular weight is 679 g/mol. The van der Waals surface area contributed by atoms with E-state index in [4.69, 9.17) is 9.47 Å². The van der Waals surface area contributed by atoms with Crippen molar-refractivity contribution in [2.45, 2.75) is 24.0 Å². The fraction of sp³-hybridized carbons (Fsp3) is 0.135. The number of methoxy groups -OCH3 is 2. The number of aromatic nitrogens is 1. The Morgan fingerprint density at radius 3 is 2.38 bits per heavy atom. The van der Waals surface area contributed by atoms with Crippen molar-refractivity contribution < 1.29 is 23.9 Å². The number of rotatable bonds is 12. The van der Waals surface area contributed by atoms with Gasteiger partial charge in [-0.1, -0.05) is 54.1 Å². The quantitative estimate of drug-likeness (QED) is 0.0916. The molecule has 0 saturated carbocycles. The fourth-order valence-corrected chi connectivity index (χ4v) is 6.29. The molecule has 5 aromatic rings. The molecule has 1 atom stereocenters. The van der Waals surface area contributed by atoms with Crippen LogP contribution in [0, 0.1) is 6.92 Å². The van der Waals surface area contributed by atoms with Crippen molar-refractivity contribution in [3.63, 3.8) is 0 Å². The number of thioether (sulfide) groups is 1. The molecule has 5 rings (SSSR count). The van der Waals surface area contributed by atoms with Crippen molar-refractivity contribution in [1.82, 2.24) is 10.3 Å². The topological polar surface area (TPSA) is 119 Å². The van der Waals surface area contributed by atoms with Crippen LogP contribution in [0.4, 0.5) is 10.8 Å². The molecule has 0 aliphatic carbocycles. The lowest BCUT2D eigenvalue weighted by atomic mass is 10.1. The lowest BCUT2D eigenvalue weighted by Crippen LogP contribution is -2.30. The molecule has 3 N–H and O–H groups in total. The van der Waals surface area contributed by atoms with E-state index >= 15 is 0 Å². The largest absolute Gasteiger partial charge is 0.493 e. The molecular weight excluding hydrogens is 645 g/mol. The second-order valence-electron chi connectivity index (χ2n) is 10.6. The van der Waals surface area contributed by atoms with Crippen LogP contribution in [0.2, 0.25) is 0 Å². The van der Waals surface area contributed by atoms with Gasteiger partial charge >= 0.3 is 0 Å². The van der Waals surface area contributed by atoms with E-state index in [0.717, 1.165) is 21.6 Å². The number of hydrogen-bond donors (Lipinski definition) is 3. The van der Waals surface area contributed by atoms with Gasteiger partial charge in [-0.05, 0) is 74.0 Å². The highest BCUT2D eigenvalue weighted by atomic mass is 32.2. The number of thiazole rings is 1. The number of amides is 3. The molecule has 4 aromatic carbocycles. The Bertz CT molecular complexity index is 1960. The van der Waals surface area contributed by atoms with Crippen molar-refractivity contribution in [2.24, 2.45) is 0 Å². The molecule has 1 unspecified atom stereocenters. The molecular formula is C37H34N4O5S2. The maximum absolute atomic E-state index is 13.5. The number of ether oxygens (including phenoxy) is 2. The lowest BCUT2D eigenvalue weighted by molar-refractivity contribution is -0.115. The number of aryl methyl sites for hydroxylation is 1. The average Bonchev–Trinajstić information content (AvgIpc) is 3.56. The van der Waals surface area contributed by atoms with E-state index in [2.05, 4.69) is 20.9 Å². The summed E-state index contributed by atoms with van der Waals surface area (Å²) >= 11 is 2.67. The van der Waals surface area contributed by atoms with Gasteiger partial charge in [0.15, 0.2) is 16.6 Å². The van der Waals surface area contributed by atoms with Gasteiger partial charge in [0.2, 0.25) is 5.91 Å². The number of nitrogens with one attached hydrogen (secondary N) is 3. The molecule has 0 fully saturated rings. The van der Waals surface area contributed by atoms with Gasteiger partial charge in [-0.2, -0.15) is 0 Å². The van der Waals surface area contributed by atoms with Crippen LogP contribution in [-0.2, 0) is 9.59 Å². The Labute approximate surface area is 287 Å². The van der Waals surface area contributed by atoms with E-state index < -0.39 is 17.1 Å². The molecule has 244 valence electrons. The van der Waals surface area contributed by atoms with Crippen molar-refractivity contribution in [3.8, 4) is 22.8 Å². The van der Waals surface area contributed by atoms with E-state index in [0.29, 0.717) is 33.6 Å². The minimum Gasteiger partial charge on any atom is -0.493 e. The molecule has 1 aromatic heterocycles. The molecule has 11 heteroatoms. The SMILES string of the molecule is COc1ccc(-c2csc(NC(=O)C(C)Sc3cccc(NC(=O)/C(=C\c4cccc(C)c4)NC(=O)c4ccccc4)c3)n2)cc1OC. The zero-order valence-corrected chi connectivity index (χ0v) is 28.4. The number of nitrogens with zero attached hydrogens (tertiary/aromatic N) is 1. The summed E-state index contributed by atoms with van der Waals surface area (Å²) in [5.41, 5.74) is 4.37. The predicted molar refractivity (Wildman–Crippen MR) is 193 cm³/mol. The van der Waals surface area contributed by atoms with Gasteiger partial charge in [-0.15, -0.1) is 23.1 Å². The van der Waals surface area contributed by atoms with E-state index in [-0.39, 0.29) is 11.6 Å². The maximum Gasteiger partial charge on any atom is 0.272 e. The van der Waals surface area contributed by atoms with Crippen LogP contribution >= 0.6 is 23.1 Å². The Balaban J connectivity index is 1.24. The molecule has 0 radical (unpaired) electrons. The second kappa shape index (κ2) is 15.9. The Kier molecular flexibility index (Phi) is 11.3. The first-order valence-electron chi connectivity index (χ1n) is 14.9. The summed E-state index contributed by atoms with van der Waals surface area (Å²) in [7, 11) is 3.15. The summed E-state index contributed by atoms with van der Waals surface area (Å²) in [4.78, 5) is 44.9. The maximum atomic E-state index is 13.5. The Hall–Kier alpha value is -5.39. The highest BCUT2D eigenvalue weighted by Crippen LogP contribution is 2.34. The van der Waals surface area contributed by atoms with Gasteiger partial charge in [-0.25, -0.2) is 4.98 Å². The van der Waals surface area contributed by atoms with Crippen LogP contribution in [0.3, 0.4) is 0 Å². The Morgan fingerprint density at radius 1 is 0.854 bits per heavy atom. The summed E-state index contributed by atoms with van der Waals surface area (Å²) in [6, 6.07) is 29.1. The van der Waals surface area contributed by atoms with Crippen LogP contribution in [0.25, 0.3) is 17.3 Å². The molecule has 0 aliphatic heterocycles. The summed E-state index contributed by atoms with van der Waals surface area (Å²) in [5.74, 6) is 0.114. The molecule has 0 bridgehead atoms. The van der Waals surface area contributed by atoms with Gasteiger partial charge in [0, 0.05) is 27.1 Å². The van der Waals surface area contributed by atoms with Crippen LogP contribution in [-0.4, -0.2) is 42.2 Å². The summed E-state index contributed by atoms with van der Waals surface area (Å²) in [6.45, 7) is 3.76. The zero-order valence-electron chi connectivity index (χ0n) is 26.8. The molecule has 1 heterocycles. The monoisotopic (exact) mass is 678 g/mol. The van der Waals surface area contributed by atoms with Gasteiger partial charge in [0.1, 0.15) is 5.70 Å². The lowest BCUT2D eigenvalue weighted by Gasteiger charge is -2.14. The first-order valence-corrected chi connectivity index (χ1v) is 16.7. The fourth-order valence-electron chi connectivity index (χ4n) is 4.64. The number of hydrogen-bond acceptors (Lipinski definition) is 8. The molecule has 0 saturated heterocycles. The Morgan fingerprint density at radius 2 is 1.62 bits per heavy atom. The third-order valence-electron chi connectivity index (χ3n) is 7.07. The number of benzene rings is 4. The third-order valence-corrected chi connectivity index (χ3v) is 8.92. The first-order chi connectivity index (χ1) is 23.2. The van der Waals surface area contributed by atoms with Crippen LogP contribution < -0.4 is 25.4 Å². The van der Waals surface area contributed by atoms with E-state index in [9.17, 15) is 14.4 Å². The van der Waals surface area contributed by atoms with Crippen molar-refractivity contribution in [2.75, 3.05) is 24.9 Å². The van der Waals surface area contributed by atoms with Gasteiger partial charge < -0.3 is 25.4 Å². The van der Waals surface area contributed by atoms with Crippen LogP contribution in [0.5, 0.6) is 11.5 Å². The van der Waals surface area contributed by atoms with Crippen LogP contribution in [0.15, 0.2) is 113 Å². The molecule has 0 spiro atoms. The highest BCUT2D eigenvalue weighted by molar-refractivity contribution is 8.00. The van der Waals surface area contributed by atoms with E-state index in [1.165, 1.54) is 23.1 Å². The van der Waals surface area contributed by atoms with E-state index in [1.807, 2.05) is 66.9 Å². The number of anilines is 2. The predicted octanol–water partition coefficient (Wildman–Crippen LogP) is 7.66. The van der Waals surface area contributed by atoms with Gasteiger partial charge in [0.25, 0.3) is 11.8 Å².